The van der Waals surface area contributed by atoms with Crippen LogP contribution in [0.2, 0.25) is 0 Å². The summed E-state index contributed by atoms with van der Waals surface area (Å²) < 4.78 is 0. The Hall–Kier alpha value is -2.04. The van der Waals surface area contributed by atoms with Crippen LogP contribution in [0.1, 0.15) is 63.3 Å². The van der Waals surface area contributed by atoms with Crippen LogP contribution in [0.15, 0.2) is 18.2 Å². The molecule has 1 aliphatic rings. The first-order valence-electron chi connectivity index (χ1n) is 8.65. The lowest BCUT2D eigenvalue weighted by Crippen LogP contribution is -2.42. The van der Waals surface area contributed by atoms with Crippen LogP contribution in [-0.2, 0) is 6.54 Å². The molecule has 1 aliphatic carbocycles. The summed E-state index contributed by atoms with van der Waals surface area (Å²) >= 11 is 0. The third kappa shape index (κ3) is 4.03. The van der Waals surface area contributed by atoms with Gasteiger partial charge in [0.15, 0.2) is 0 Å². The number of nitrogens with zero attached hydrogens (tertiary/aromatic N) is 1. The number of urea groups is 1. The van der Waals surface area contributed by atoms with Crippen molar-refractivity contribution >= 4 is 17.1 Å². The zero-order valence-corrected chi connectivity index (χ0v) is 14.0. The highest BCUT2D eigenvalue weighted by Gasteiger charge is 2.15. The molecule has 0 unspecified atom stereocenters. The van der Waals surface area contributed by atoms with Gasteiger partial charge in [-0.25, -0.2) is 9.78 Å². The number of fused-ring (bicyclic) bond motifs is 1. The van der Waals surface area contributed by atoms with Crippen molar-refractivity contribution in [3.8, 4) is 0 Å². The van der Waals surface area contributed by atoms with E-state index in [0.717, 1.165) is 35.3 Å². The Balaban J connectivity index is 1.57. The maximum atomic E-state index is 12.0. The molecule has 5 heteroatoms. The molecule has 0 aliphatic heterocycles. The van der Waals surface area contributed by atoms with E-state index in [-0.39, 0.29) is 6.03 Å². The van der Waals surface area contributed by atoms with Crippen molar-refractivity contribution in [2.24, 2.45) is 0 Å². The minimum absolute atomic E-state index is 0.0653. The number of amides is 2. The maximum absolute atomic E-state index is 12.0. The van der Waals surface area contributed by atoms with Crippen molar-refractivity contribution in [2.75, 3.05) is 0 Å². The number of aromatic amines is 1. The van der Waals surface area contributed by atoms with E-state index in [0.29, 0.717) is 18.5 Å². The highest BCUT2D eigenvalue weighted by atomic mass is 16.2. The molecule has 2 aromatic rings. The standard InChI is InChI=1S/C18H26N4O/c1-12(2)17-21-15-9-8-13(10-16(15)22-17)11-19-18(23)20-14-6-4-3-5-7-14/h8-10,12,14H,3-7,11H2,1-2H3,(H,21,22)(H2,19,20,23). The first-order chi connectivity index (χ1) is 11.1. The molecule has 0 radical (unpaired) electrons. The molecule has 0 saturated heterocycles. The zero-order chi connectivity index (χ0) is 16.2. The summed E-state index contributed by atoms with van der Waals surface area (Å²) in [4.78, 5) is 19.9. The Labute approximate surface area is 137 Å². The summed E-state index contributed by atoms with van der Waals surface area (Å²) in [5.41, 5.74) is 3.08. The van der Waals surface area contributed by atoms with Crippen LogP contribution in [0.25, 0.3) is 11.0 Å². The largest absolute Gasteiger partial charge is 0.342 e. The van der Waals surface area contributed by atoms with Gasteiger partial charge in [0.25, 0.3) is 0 Å². The van der Waals surface area contributed by atoms with Crippen molar-refractivity contribution in [2.45, 2.75) is 64.5 Å². The molecule has 1 heterocycles. The maximum Gasteiger partial charge on any atom is 0.315 e. The summed E-state index contributed by atoms with van der Waals surface area (Å²) in [7, 11) is 0. The molecule has 1 aromatic heterocycles. The molecule has 1 fully saturated rings. The lowest BCUT2D eigenvalue weighted by Gasteiger charge is -2.22. The summed E-state index contributed by atoms with van der Waals surface area (Å²) in [6.07, 6.45) is 5.94. The van der Waals surface area contributed by atoms with E-state index in [1.807, 2.05) is 12.1 Å². The van der Waals surface area contributed by atoms with E-state index in [4.69, 9.17) is 0 Å². The number of carbonyl (C=O) groups excluding carboxylic acids is 1. The molecule has 23 heavy (non-hydrogen) atoms. The van der Waals surface area contributed by atoms with Crippen molar-refractivity contribution in [1.82, 2.24) is 20.6 Å². The van der Waals surface area contributed by atoms with Crippen LogP contribution >= 0.6 is 0 Å². The number of H-pyrrole nitrogens is 1. The first kappa shape index (κ1) is 15.8. The van der Waals surface area contributed by atoms with E-state index in [1.54, 1.807) is 0 Å². The Bertz CT molecular complexity index is 671. The van der Waals surface area contributed by atoms with Gasteiger partial charge in [0.05, 0.1) is 11.0 Å². The number of imidazole rings is 1. The van der Waals surface area contributed by atoms with Crippen LogP contribution in [0.4, 0.5) is 4.79 Å². The van der Waals surface area contributed by atoms with Gasteiger partial charge in [-0.1, -0.05) is 39.2 Å². The number of carbonyl (C=O) groups is 1. The van der Waals surface area contributed by atoms with Gasteiger partial charge in [0.1, 0.15) is 5.82 Å². The van der Waals surface area contributed by atoms with Crippen LogP contribution in [-0.4, -0.2) is 22.0 Å². The minimum atomic E-state index is -0.0653. The first-order valence-corrected chi connectivity index (χ1v) is 8.65. The predicted molar refractivity (Wildman–Crippen MR) is 92.4 cm³/mol. The van der Waals surface area contributed by atoms with Crippen molar-refractivity contribution in [3.05, 3.63) is 29.6 Å². The normalized spacial score (nSPS) is 16.0. The fraction of sp³-hybridized carbons (Fsp3) is 0.556. The molecule has 3 rings (SSSR count). The summed E-state index contributed by atoms with van der Waals surface area (Å²) in [6.45, 7) is 4.77. The number of aromatic nitrogens is 2. The molecule has 3 N–H and O–H groups in total. The fourth-order valence-electron chi connectivity index (χ4n) is 3.13. The van der Waals surface area contributed by atoms with Gasteiger partial charge < -0.3 is 15.6 Å². The number of nitrogens with one attached hydrogen (secondary N) is 3. The lowest BCUT2D eigenvalue weighted by atomic mass is 9.96. The fourth-order valence-corrected chi connectivity index (χ4v) is 3.13. The number of rotatable bonds is 4. The quantitative estimate of drug-likeness (QED) is 0.803. The topological polar surface area (TPSA) is 69.8 Å². The van der Waals surface area contributed by atoms with Gasteiger partial charge in [0, 0.05) is 18.5 Å². The summed E-state index contributed by atoms with van der Waals surface area (Å²) in [6, 6.07) is 6.37. The number of benzene rings is 1. The third-order valence-corrected chi connectivity index (χ3v) is 4.50. The smallest absolute Gasteiger partial charge is 0.315 e. The molecule has 0 spiro atoms. The highest BCUT2D eigenvalue weighted by Crippen LogP contribution is 2.19. The van der Waals surface area contributed by atoms with Gasteiger partial charge >= 0.3 is 6.03 Å². The minimum Gasteiger partial charge on any atom is -0.342 e. The molecule has 124 valence electrons. The second-order valence-corrected chi connectivity index (χ2v) is 6.79. The van der Waals surface area contributed by atoms with Crippen molar-refractivity contribution in [1.29, 1.82) is 0 Å². The van der Waals surface area contributed by atoms with Gasteiger partial charge in [-0.3, -0.25) is 0 Å². The molecule has 5 nitrogen and oxygen atoms in total. The van der Waals surface area contributed by atoms with Gasteiger partial charge in [-0.05, 0) is 30.5 Å². The highest BCUT2D eigenvalue weighted by molar-refractivity contribution is 5.77. The van der Waals surface area contributed by atoms with Gasteiger partial charge in [-0.15, -0.1) is 0 Å². The Morgan fingerprint density at radius 3 is 2.83 bits per heavy atom. The third-order valence-electron chi connectivity index (χ3n) is 4.50. The molecule has 2 amide bonds. The van der Waals surface area contributed by atoms with Crippen molar-refractivity contribution < 1.29 is 4.79 Å². The van der Waals surface area contributed by atoms with E-state index in [2.05, 4.69) is 40.5 Å². The monoisotopic (exact) mass is 314 g/mol. The van der Waals surface area contributed by atoms with Crippen LogP contribution in [0.5, 0.6) is 0 Å². The van der Waals surface area contributed by atoms with Gasteiger partial charge in [-0.2, -0.15) is 0 Å². The van der Waals surface area contributed by atoms with Crippen LogP contribution in [0, 0.1) is 0 Å². The predicted octanol–water partition coefficient (Wildman–Crippen LogP) is 3.82. The molecule has 0 bridgehead atoms. The summed E-state index contributed by atoms with van der Waals surface area (Å²) in [5.74, 6) is 1.38. The molecule has 1 saturated carbocycles. The van der Waals surface area contributed by atoms with E-state index < -0.39 is 0 Å². The second-order valence-electron chi connectivity index (χ2n) is 6.79. The Morgan fingerprint density at radius 1 is 1.30 bits per heavy atom. The molecular weight excluding hydrogens is 288 g/mol. The lowest BCUT2D eigenvalue weighted by molar-refractivity contribution is 0.232. The van der Waals surface area contributed by atoms with Crippen LogP contribution < -0.4 is 10.6 Å². The molecule has 0 atom stereocenters. The molecule has 1 aromatic carbocycles. The second kappa shape index (κ2) is 7.02. The van der Waals surface area contributed by atoms with Crippen LogP contribution in [0.3, 0.4) is 0 Å². The Morgan fingerprint density at radius 2 is 2.09 bits per heavy atom. The zero-order valence-electron chi connectivity index (χ0n) is 14.0. The number of hydrogen-bond acceptors (Lipinski definition) is 2. The SMILES string of the molecule is CC(C)c1nc2ccc(CNC(=O)NC3CCCCC3)cc2[nH]1. The summed E-state index contributed by atoms with van der Waals surface area (Å²) in [5, 5.41) is 6.03. The number of hydrogen-bond donors (Lipinski definition) is 3. The average molecular weight is 314 g/mol. The van der Waals surface area contributed by atoms with E-state index >= 15 is 0 Å². The van der Waals surface area contributed by atoms with E-state index in [9.17, 15) is 4.79 Å². The van der Waals surface area contributed by atoms with E-state index in [1.165, 1.54) is 19.3 Å². The average Bonchev–Trinajstić information content (AvgIpc) is 2.97. The molecular formula is C18H26N4O. The Kier molecular flexibility index (Phi) is 4.84. The van der Waals surface area contributed by atoms with Crippen molar-refractivity contribution in [3.63, 3.8) is 0 Å². The van der Waals surface area contributed by atoms with Gasteiger partial charge in [0.2, 0.25) is 0 Å².